The van der Waals surface area contributed by atoms with Gasteiger partial charge in [0.25, 0.3) is 0 Å². The Bertz CT molecular complexity index is 5840. The first kappa shape index (κ1) is 91.0. The average molecular weight is 1700 g/mol. The van der Waals surface area contributed by atoms with E-state index in [9.17, 15) is 0 Å². The third-order valence-electron chi connectivity index (χ3n) is 29.1. The number of unbranched alkanes of at least 4 members (excludes halogenated alkanes) is 20. The van der Waals surface area contributed by atoms with Gasteiger partial charge in [-0.25, -0.2) is 0 Å². The first-order valence-electron chi connectivity index (χ1n) is 50.7. The molecule has 16 rings (SSSR count). The van der Waals surface area contributed by atoms with Crippen LogP contribution in [-0.2, 0) is 36.6 Å². The summed E-state index contributed by atoms with van der Waals surface area (Å²) >= 11 is 0. The highest BCUT2D eigenvalue weighted by Crippen LogP contribution is 2.58. The number of benzene rings is 14. The maximum absolute atomic E-state index is 2.62. The van der Waals surface area contributed by atoms with Gasteiger partial charge >= 0.3 is 0 Å². The Labute approximate surface area is 776 Å². The average Bonchev–Trinajstić information content (AvgIpc) is 1.57. The van der Waals surface area contributed by atoms with Gasteiger partial charge in [0, 0.05) is 45.8 Å². The van der Waals surface area contributed by atoms with Crippen LogP contribution >= 0.6 is 0 Å². The van der Waals surface area contributed by atoms with E-state index in [1.54, 1.807) is 5.56 Å². The van der Waals surface area contributed by atoms with Gasteiger partial charge in [-0.2, -0.15) is 0 Å². The second-order valence-corrected chi connectivity index (χ2v) is 37.9. The van der Waals surface area contributed by atoms with Gasteiger partial charge in [-0.3, -0.25) is 0 Å². The Kier molecular flexibility index (Phi) is 31.6. The van der Waals surface area contributed by atoms with E-state index in [-0.39, 0.29) is 10.8 Å². The molecular formula is C127H142N2. The molecule has 0 amide bonds. The molecule has 2 heteroatoms. The van der Waals surface area contributed by atoms with Crippen molar-refractivity contribution in [3.8, 4) is 100 Å². The molecule has 0 aliphatic heterocycles. The van der Waals surface area contributed by atoms with Crippen LogP contribution in [0.1, 0.15) is 286 Å². The summed E-state index contributed by atoms with van der Waals surface area (Å²) in [6.45, 7) is 17.0. The molecule has 0 saturated carbocycles. The largest absolute Gasteiger partial charge is 0.337 e. The molecule has 0 aromatic heterocycles. The zero-order valence-corrected chi connectivity index (χ0v) is 79.0. The highest BCUT2D eigenvalue weighted by molar-refractivity contribution is 5.89. The van der Waals surface area contributed by atoms with Crippen molar-refractivity contribution in [2.75, 3.05) is 9.80 Å². The molecule has 0 heterocycles. The lowest BCUT2D eigenvalue weighted by atomic mass is 9.70. The number of aryl methyl sites for hydroxylation is 3. The summed E-state index contributed by atoms with van der Waals surface area (Å²) in [4.78, 5) is 5.10. The molecular weight excluding hydrogens is 1550 g/mol. The molecule has 0 atom stereocenters. The summed E-state index contributed by atoms with van der Waals surface area (Å²) in [6.07, 6.45) is 40.8. The van der Waals surface area contributed by atoms with Crippen LogP contribution in [0.25, 0.3) is 100 Å². The molecule has 0 spiro atoms. The van der Waals surface area contributed by atoms with E-state index in [1.165, 1.54) is 349 Å². The monoisotopic (exact) mass is 1700 g/mol. The van der Waals surface area contributed by atoms with E-state index in [1.807, 2.05) is 0 Å². The first-order chi connectivity index (χ1) is 63.6. The molecule has 660 valence electrons. The second-order valence-electron chi connectivity index (χ2n) is 37.9. The highest BCUT2D eigenvalue weighted by Gasteiger charge is 2.44. The lowest BCUT2D eigenvalue weighted by Gasteiger charge is -2.34. The molecule has 0 N–H and O–H groups in total. The number of anilines is 5. The van der Waals surface area contributed by atoms with E-state index in [0.29, 0.717) is 0 Å². The molecule has 0 bridgehead atoms. The van der Waals surface area contributed by atoms with E-state index in [4.69, 9.17) is 0 Å². The Morgan fingerprint density at radius 3 is 0.845 bits per heavy atom. The van der Waals surface area contributed by atoms with Crippen molar-refractivity contribution in [1.29, 1.82) is 0 Å². The predicted octanol–water partition coefficient (Wildman–Crippen LogP) is 38.2. The van der Waals surface area contributed by atoms with E-state index in [0.717, 1.165) is 37.2 Å². The van der Waals surface area contributed by atoms with Crippen LogP contribution < -0.4 is 9.80 Å². The summed E-state index contributed by atoms with van der Waals surface area (Å²) in [5.41, 5.74) is 41.1. The molecule has 2 aliphatic carbocycles. The van der Waals surface area contributed by atoms with Gasteiger partial charge < -0.3 is 9.80 Å². The maximum atomic E-state index is 2.62. The lowest BCUT2D eigenvalue weighted by molar-refractivity contribution is 0.401. The number of rotatable bonds is 47. The van der Waals surface area contributed by atoms with Gasteiger partial charge in [0.05, 0.1) is 0 Å². The van der Waals surface area contributed by atoms with Crippen LogP contribution in [0.15, 0.2) is 322 Å². The smallest absolute Gasteiger partial charge is 0.0481 e. The Morgan fingerprint density at radius 2 is 0.473 bits per heavy atom. The molecule has 0 saturated heterocycles. The first-order valence-corrected chi connectivity index (χ1v) is 50.7. The summed E-state index contributed by atoms with van der Waals surface area (Å²) in [7, 11) is 0. The summed E-state index contributed by atoms with van der Waals surface area (Å²) in [5, 5.41) is 0. The van der Waals surface area contributed by atoms with E-state index >= 15 is 0 Å². The standard InChI is InChI=1S/C127H142N2/c1-8-15-21-27-32-44-109-90-107(105-62-58-98(59-63-105)97-52-50-95(14-7)51-53-97)72-82-116(109)117-83-73-108(91-110(117)45-33-28-22-16-9-2)106-64-60-101(61-65-106)104-70-78-113(79-71-104)129(115-81-85-121-119-47-35-37-49-123(119)127(125(121)93-115,88-40-25-19-12-5)89-41-26-20-13-6)112-76-68-103(69-77-112)100-56-54-99(55-57-100)102-66-74-111(75-67-102)128(94-96-42-30-29-31-43-96)114-80-84-120-118-46-34-36-48-122(118)126(124(120)92-114,86-38-23-17-10-3)87-39-24-18-11-4/h29-31,34-37,42-43,46-85,90-93H,8-28,32-33,38-41,44-45,86-89,94H2,1-7H3. The van der Waals surface area contributed by atoms with Crippen LogP contribution in [0.2, 0.25) is 0 Å². The predicted molar refractivity (Wildman–Crippen MR) is 560 cm³/mol. The molecule has 129 heavy (non-hydrogen) atoms. The van der Waals surface area contributed by atoms with Gasteiger partial charge in [0.2, 0.25) is 0 Å². The molecule has 2 nitrogen and oxygen atoms in total. The van der Waals surface area contributed by atoms with Gasteiger partial charge in [-0.1, -0.05) is 463 Å². The van der Waals surface area contributed by atoms with Gasteiger partial charge in [0.1, 0.15) is 0 Å². The SMILES string of the molecule is CCCCCCCc1cc(-c2ccc(-c3ccc(CC)cc3)cc2)ccc1-c1ccc(-c2ccc(-c3ccc(N(c4ccc(-c5ccc(-c6ccc(N(Cc7ccccc7)c7ccc8c(c7)C(CCCCCC)(CCCCCC)c7ccccc7-8)cc6)cc5)cc4)c4ccc5c(c4)C(CCCCCC)(CCCCCC)c4ccccc4-5)cc3)cc2)cc1CCCCCCC. The zero-order chi connectivity index (χ0) is 88.6. The van der Waals surface area contributed by atoms with Crippen LogP contribution in [-0.4, -0.2) is 0 Å². The number of hydrogen-bond acceptors (Lipinski definition) is 2. The fourth-order valence-electron chi connectivity index (χ4n) is 21.7. The van der Waals surface area contributed by atoms with Crippen LogP contribution in [0.3, 0.4) is 0 Å². The summed E-state index contributed by atoms with van der Waals surface area (Å²) in [6, 6.07) is 125. The van der Waals surface area contributed by atoms with Crippen molar-refractivity contribution >= 4 is 28.4 Å². The quantitative estimate of drug-likeness (QED) is 0.0351. The summed E-state index contributed by atoms with van der Waals surface area (Å²) < 4.78 is 0. The fourth-order valence-corrected chi connectivity index (χ4v) is 21.7. The Balaban J connectivity index is 0.691. The highest BCUT2D eigenvalue weighted by atomic mass is 15.1. The van der Waals surface area contributed by atoms with Gasteiger partial charge in [-0.05, 0) is 263 Å². The fraction of sp³-hybridized carbons (Fsp3) is 0.339. The Morgan fingerprint density at radius 1 is 0.194 bits per heavy atom. The molecule has 2 aliphatic rings. The number of nitrogens with zero attached hydrogens (tertiary/aromatic N) is 2. The van der Waals surface area contributed by atoms with Gasteiger partial charge in [0.15, 0.2) is 0 Å². The number of fused-ring (bicyclic) bond motifs is 6. The molecule has 0 unspecified atom stereocenters. The topological polar surface area (TPSA) is 6.48 Å². The Hall–Kier alpha value is -11.3. The number of hydrogen-bond donors (Lipinski definition) is 0. The van der Waals surface area contributed by atoms with Crippen molar-refractivity contribution in [3.63, 3.8) is 0 Å². The third-order valence-corrected chi connectivity index (χ3v) is 29.1. The van der Waals surface area contributed by atoms with Crippen LogP contribution in [0.4, 0.5) is 28.4 Å². The van der Waals surface area contributed by atoms with Gasteiger partial charge in [-0.15, -0.1) is 0 Å². The second kappa shape index (κ2) is 44.8. The zero-order valence-electron chi connectivity index (χ0n) is 79.0. The molecule has 0 radical (unpaired) electrons. The molecule has 14 aromatic rings. The molecule has 0 fully saturated rings. The maximum Gasteiger partial charge on any atom is 0.0481 e. The van der Waals surface area contributed by atoms with Crippen LogP contribution in [0, 0.1) is 0 Å². The molecule has 14 aromatic carbocycles. The van der Waals surface area contributed by atoms with E-state index < -0.39 is 0 Å². The minimum Gasteiger partial charge on any atom is -0.337 e. The van der Waals surface area contributed by atoms with Crippen molar-refractivity contribution in [1.82, 2.24) is 0 Å². The normalized spacial score (nSPS) is 12.7. The minimum atomic E-state index is -0.0467. The van der Waals surface area contributed by atoms with E-state index in [2.05, 4.69) is 380 Å². The van der Waals surface area contributed by atoms with Crippen molar-refractivity contribution in [2.45, 2.75) is 278 Å². The minimum absolute atomic E-state index is 0.0123. The van der Waals surface area contributed by atoms with Crippen molar-refractivity contribution < 1.29 is 0 Å². The third kappa shape index (κ3) is 21.3. The lowest BCUT2D eigenvalue weighted by Crippen LogP contribution is -2.26. The summed E-state index contributed by atoms with van der Waals surface area (Å²) in [5.74, 6) is 0. The van der Waals surface area contributed by atoms with Crippen molar-refractivity contribution in [2.24, 2.45) is 0 Å². The van der Waals surface area contributed by atoms with Crippen molar-refractivity contribution in [3.05, 3.63) is 366 Å². The van der Waals surface area contributed by atoms with Crippen LogP contribution in [0.5, 0.6) is 0 Å².